The lowest BCUT2D eigenvalue weighted by atomic mass is 9.27. The molecule has 11 nitrogen and oxygen atoms in total. The van der Waals surface area contributed by atoms with Crippen LogP contribution in [0.3, 0.4) is 0 Å². The summed E-state index contributed by atoms with van der Waals surface area (Å²) in [6, 6.07) is 12.7. The molecule has 0 amide bonds. The molecule has 86 heavy (non-hydrogen) atoms. The number of ketones is 2. The van der Waals surface area contributed by atoms with Crippen molar-refractivity contribution in [2.45, 2.75) is 210 Å². The van der Waals surface area contributed by atoms with E-state index >= 15 is 9.59 Å². The molecule has 0 aromatic heterocycles. The summed E-state index contributed by atoms with van der Waals surface area (Å²) in [5.41, 5.74) is 8.21. The zero-order valence-electron chi connectivity index (χ0n) is 52.6. The Balaban J connectivity index is 0.915. The third kappa shape index (κ3) is 7.88. The molecule has 2 aromatic carbocycles. The lowest BCUT2D eigenvalue weighted by Gasteiger charge is -2.77. The van der Waals surface area contributed by atoms with Crippen LogP contribution in [0.2, 0.25) is 0 Å². The van der Waals surface area contributed by atoms with Crippen LogP contribution < -0.4 is 16.4 Å². The molecule has 2 heterocycles. The van der Waals surface area contributed by atoms with Gasteiger partial charge in [-0.15, -0.1) is 0 Å². The zero-order valence-corrected chi connectivity index (χ0v) is 52.6. The first kappa shape index (κ1) is 58.4. The topological polar surface area (TPSA) is 198 Å². The van der Waals surface area contributed by atoms with Gasteiger partial charge in [0.25, 0.3) is 0 Å². The Kier molecular flexibility index (Phi) is 13.6. The number of nitrogen functional groups attached to an aromatic ring is 1. The summed E-state index contributed by atoms with van der Waals surface area (Å²) in [7, 11) is 1.93. The SMILES string of the molecule is CNCc1cc(O)cc(C23CCC45CC67C8CC(C=CC8O)C8CCC(CO)C9C=CC(C(O)C%10OC%10(C)C%10CCCC%10c%10cc(N)cc(CC(C)C)c%10)C(C%10=C(CCC6C6(C)C4C(CC=CC26)(CCCCC(C)(O)CN5)C3=O)C7(C)CC%10=O)C98)c1. The highest BCUT2D eigenvalue weighted by molar-refractivity contribution is 6.01. The summed E-state index contributed by atoms with van der Waals surface area (Å²) < 4.78 is 7.07. The molecule has 2 saturated heterocycles. The van der Waals surface area contributed by atoms with Crippen molar-refractivity contribution in [3.63, 3.8) is 0 Å². The number of fused-ring (bicyclic) bond motifs is 6. The molecule has 2 spiro atoms. The van der Waals surface area contributed by atoms with Gasteiger partial charge in [-0.2, -0.15) is 0 Å². The minimum Gasteiger partial charge on any atom is -0.508 e. The molecular formula is C75H101N3O8. The first-order valence-corrected chi connectivity index (χ1v) is 34.4. The van der Waals surface area contributed by atoms with E-state index in [0.29, 0.717) is 63.3 Å². The van der Waals surface area contributed by atoms with Crippen LogP contribution >= 0.6 is 0 Å². The van der Waals surface area contributed by atoms with Crippen molar-refractivity contribution < 1.29 is 39.9 Å². The van der Waals surface area contributed by atoms with Crippen LogP contribution in [0.15, 0.2) is 84.0 Å². The fraction of sp³-hybridized carbons (Fsp3) is 0.707. The molecule has 2 aromatic rings. The van der Waals surface area contributed by atoms with Gasteiger partial charge >= 0.3 is 0 Å². The number of aliphatic hydroxyl groups excluding tert-OH is 3. The maximum absolute atomic E-state index is 17.0. The van der Waals surface area contributed by atoms with Gasteiger partial charge in [-0.05, 0) is 251 Å². The summed E-state index contributed by atoms with van der Waals surface area (Å²) in [5.74, 6) is 0.641. The van der Waals surface area contributed by atoms with Gasteiger partial charge in [-0.1, -0.05) is 101 Å². The predicted molar refractivity (Wildman–Crippen MR) is 334 cm³/mol. The van der Waals surface area contributed by atoms with E-state index in [-0.39, 0.29) is 89.2 Å². The minimum absolute atomic E-state index is 0.0132. The van der Waals surface area contributed by atoms with Crippen molar-refractivity contribution in [3.05, 3.63) is 106 Å². The van der Waals surface area contributed by atoms with Gasteiger partial charge in [0.15, 0.2) is 11.6 Å². The molecule has 24 unspecified atom stereocenters. The van der Waals surface area contributed by atoms with E-state index in [1.54, 1.807) is 0 Å². The number of Topliss-reactive ketones (excluding diaryl/α,β-unsaturated/α-hetero) is 2. The van der Waals surface area contributed by atoms with E-state index in [9.17, 15) is 25.5 Å². The highest BCUT2D eigenvalue weighted by atomic mass is 16.6. The van der Waals surface area contributed by atoms with Crippen molar-refractivity contribution in [2.75, 3.05) is 25.9 Å². The molecule has 15 aliphatic rings. The van der Waals surface area contributed by atoms with E-state index in [2.05, 4.69) is 106 Å². The molecule has 11 heteroatoms. The second-order valence-electron chi connectivity index (χ2n) is 32.8. The standard InChI is InChI=1S/C75H101N3O8/c1-41(2)28-42-29-46(33-48(76)31-42)50-12-10-13-54(50)71(6)65(86-71)64(83)53-19-18-52-45(38-79)15-17-51-44-16-21-57(81)56(34-44)75-39-73-26-27-74(47-30-43(37-77-7)32-49(80)35-47)59-14-11-25-72(67(74)84,24-9-8-23-68(3,85)40-78-73)66(73)70(59,5)60(75)22-20-55-63(62(53)61(51)52)58(82)36-69(55,75)4/h11,14,16,18-19,21,29-33,35,41,44-45,50-54,56-57,59-62,64-66,77-81,83,85H,8-10,12-13,15,17,20,22-28,34,36-40,76H2,1-7H3. The second kappa shape index (κ2) is 20.0. The minimum atomic E-state index is -1.00. The largest absolute Gasteiger partial charge is 0.508 e. The number of rotatable bonds is 10. The third-order valence-corrected chi connectivity index (χ3v) is 28.3. The number of anilines is 1. The number of phenolic OH excluding ortho intramolecular Hbond substituents is 1. The molecule has 13 aliphatic carbocycles. The summed E-state index contributed by atoms with van der Waals surface area (Å²) in [5, 5.41) is 70.4. The van der Waals surface area contributed by atoms with Crippen LogP contribution in [-0.2, 0) is 32.7 Å². The average molecular weight is 1170 g/mol. The van der Waals surface area contributed by atoms with Gasteiger partial charge in [-0.25, -0.2) is 0 Å². The molecule has 12 bridgehead atoms. The van der Waals surface area contributed by atoms with Crippen molar-refractivity contribution in [3.8, 4) is 5.75 Å². The molecule has 17 rings (SSSR count). The summed E-state index contributed by atoms with van der Waals surface area (Å²) in [6.45, 7) is 14.8. The van der Waals surface area contributed by atoms with Crippen LogP contribution in [0.4, 0.5) is 5.69 Å². The predicted octanol–water partition coefficient (Wildman–Crippen LogP) is 11.1. The molecule has 7 saturated carbocycles. The van der Waals surface area contributed by atoms with Crippen molar-refractivity contribution in [1.82, 2.24) is 10.6 Å². The Morgan fingerprint density at radius 3 is 2.48 bits per heavy atom. The van der Waals surface area contributed by atoms with Crippen molar-refractivity contribution in [2.24, 2.45) is 98.6 Å². The van der Waals surface area contributed by atoms with Gasteiger partial charge in [0, 0.05) is 54.1 Å². The monoisotopic (exact) mass is 1170 g/mol. The fourth-order valence-corrected chi connectivity index (χ4v) is 25.7. The summed E-state index contributed by atoms with van der Waals surface area (Å²) >= 11 is 0. The number of carbonyl (C=O) groups is 2. The number of aromatic hydroxyl groups is 1. The lowest BCUT2D eigenvalue weighted by molar-refractivity contribution is -0.261. The molecule has 24 atom stereocenters. The van der Waals surface area contributed by atoms with Crippen LogP contribution in [-0.4, -0.2) is 92.4 Å². The molecular weight excluding hydrogens is 1070 g/mol. The van der Waals surface area contributed by atoms with Crippen LogP contribution in [0.1, 0.15) is 179 Å². The van der Waals surface area contributed by atoms with Crippen LogP contribution in [0, 0.1) is 98.6 Å². The summed E-state index contributed by atoms with van der Waals surface area (Å²) in [6.07, 6.45) is 26.0. The Labute approximate surface area is 511 Å². The Bertz CT molecular complexity index is 3240. The Hall–Kier alpha value is -3.94. The van der Waals surface area contributed by atoms with Crippen molar-refractivity contribution >= 4 is 17.3 Å². The number of carbonyl (C=O) groups excluding carboxylic acids is 2. The molecule has 0 radical (unpaired) electrons. The molecule has 464 valence electrons. The number of benzene rings is 2. The fourth-order valence-electron chi connectivity index (χ4n) is 25.7. The van der Waals surface area contributed by atoms with Gasteiger partial charge in [0.1, 0.15) is 11.9 Å². The van der Waals surface area contributed by atoms with E-state index in [4.69, 9.17) is 10.5 Å². The number of phenols is 1. The van der Waals surface area contributed by atoms with E-state index in [0.717, 1.165) is 99.4 Å². The third-order valence-electron chi connectivity index (χ3n) is 28.3. The van der Waals surface area contributed by atoms with Crippen molar-refractivity contribution in [1.29, 1.82) is 0 Å². The number of hydrogen-bond acceptors (Lipinski definition) is 11. The number of nitrogens with one attached hydrogen (secondary N) is 2. The quantitative estimate of drug-likeness (QED) is 0.0640. The first-order valence-electron chi connectivity index (χ1n) is 34.4. The molecule has 2 aliphatic heterocycles. The van der Waals surface area contributed by atoms with Gasteiger partial charge in [-0.3, -0.25) is 9.59 Å². The summed E-state index contributed by atoms with van der Waals surface area (Å²) in [4.78, 5) is 33.6. The van der Waals surface area contributed by atoms with E-state index in [1.165, 1.54) is 16.7 Å². The number of ether oxygens (including phenoxy) is 1. The number of aliphatic hydroxyl groups is 4. The van der Waals surface area contributed by atoms with Crippen LogP contribution in [0.5, 0.6) is 5.75 Å². The van der Waals surface area contributed by atoms with Gasteiger partial charge in [0.05, 0.1) is 28.8 Å². The molecule has 9 fully saturated rings. The maximum atomic E-state index is 17.0. The maximum Gasteiger partial charge on any atom is 0.160 e. The number of nitrogens with two attached hydrogens (primary N) is 1. The zero-order chi connectivity index (χ0) is 60.0. The number of hydrogen-bond donors (Lipinski definition) is 8. The highest BCUT2D eigenvalue weighted by Crippen LogP contribution is 2.85. The Morgan fingerprint density at radius 2 is 1.69 bits per heavy atom. The van der Waals surface area contributed by atoms with E-state index < -0.39 is 68.0 Å². The van der Waals surface area contributed by atoms with Crippen LogP contribution in [0.25, 0.3) is 0 Å². The first-order chi connectivity index (χ1) is 41.0. The normalized spacial score (nSPS) is 48.9. The van der Waals surface area contributed by atoms with Gasteiger partial charge in [0.2, 0.25) is 0 Å². The number of epoxide rings is 1. The van der Waals surface area contributed by atoms with Gasteiger partial charge < -0.3 is 46.6 Å². The number of β-amino-alcohol motifs (C(OH)–C–C–N with tert-alkyl or cyclic N) is 1. The lowest BCUT2D eigenvalue weighted by Crippen LogP contribution is -2.79. The highest BCUT2D eigenvalue weighted by Gasteiger charge is 2.84. The smallest absolute Gasteiger partial charge is 0.160 e. The number of allylic oxidation sites excluding steroid dienone is 6. The average Bonchev–Trinajstić information content (AvgIpc) is 1.29. The second-order valence-corrected chi connectivity index (χ2v) is 32.8. The molecule has 9 N–H and O–H groups in total. The van der Waals surface area contributed by atoms with E-state index in [1.807, 2.05) is 26.1 Å². The Morgan fingerprint density at radius 1 is 0.872 bits per heavy atom.